The maximum Gasteiger partial charge on any atom is 0.100 e. The predicted octanol–water partition coefficient (Wildman–Crippen LogP) is 3.23. The highest BCUT2D eigenvalue weighted by atomic mass is 79.9. The van der Waals surface area contributed by atoms with E-state index in [0.29, 0.717) is 11.3 Å². The lowest BCUT2D eigenvalue weighted by atomic mass is 9.77. The minimum atomic E-state index is 0.305. The van der Waals surface area contributed by atoms with Gasteiger partial charge >= 0.3 is 0 Å². The first-order valence-electron chi connectivity index (χ1n) is 4.29. The van der Waals surface area contributed by atoms with Crippen LogP contribution in [0, 0.1) is 11.3 Å². The summed E-state index contributed by atoms with van der Waals surface area (Å²) in [4.78, 5) is 0. The quantitative estimate of drug-likeness (QED) is 0.619. The zero-order chi connectivity index (χ0) is 8.77. The van der Waals surface area contributed by atoms with Crippen molar-refractivity contribution in [2.24, 2.45) is 11.3 Å². The second-order valence-electron chi connectivity index (χ2n) is 4.22. The van der Waals surface area contributed by atoms with Gasteiger partial charge in [0.2, 0.25) is 0 Å². The Morgan fingerprint density at radius 3 is 3.00 bits per heavy atom. The first kappa shape index (κ1) is 8.36. The number of fused-ring (bicyclic) bond motifs is 1. The summed E-state index contributed by atoms with van der Waals surface area (Å²) in [6.45, 7) is 5.39. The minimum Gasteiger partial charge on any atom is -0.497 e. The van der Waals surface area contributed by atoms with Crippen LogP contribution in [0.25, 0.3) is 0 Å². The van der Waals surface area contributed by atoms with E-state index in [0.717, 1.165) is 13.0 Å². The molecule has 66 valence electrons. The zero-order valence-electron chi connectivity index (χ0n) is 7.43. The molecular weight excluding hydrogens is 216 g/mol. The van der Waals surface area contributed by atoms with Gasteiger partial charge in [-0.15, -0.1) is 0 Å². The van der Waals surface area contributed by atoms with Gasteiger partial charge in [-0.2, -0.15) is 0 Å². The third kappa shape index (κ3) is 1.22. The number of hydrogen-bond donors (Lipinski definition) is 0. The highest BCUT2D eigenvalue weighted by Gasteiger charge is 2.41. The van der Waals surface area contributed by atoms with E-state index in [1.54, 1.807) is 0 Å². The van der Waals surface area contributed by atoms with Crippen molar-refractivity contribution in [2.45, 2.75) is 20.3 Å². The van der Waals surface area contributed by atoms with Crippen LogP contribution < -0.4 is 0 Å². The van der Waals surface area contributed by atoms with Crippen molar-refractivity contribution in [3.63, 3.8) is 0 Å². The molecule has 1 atom stereocenters. The van der Waals surface area contributed by atoms with Crippen LogP contribution in [0.3, 0.4) is 0 Å². The predicted molar refractivity (Wildman–Crippen MR) is 52.9 cm³/mol. The van der Waals surface area contributed by atoms with Crippen LogP contribution in [0.4, 0.5) is 0 Å². The van der Waals surface area contributed by atoms with E-state index in [9.17, 15) is 0 Å². The van der Waals surface area contributed by atoms with Crippen molar-refractivity contribution in [1.82, 2.24) is 0 Å². The van der Waals surface area contributed by atoms with Crippen molar-refractivity contribution < 1.29 is 4.74 Å². The Hall–Kier alpha value is -0.240. The zero-order valence-corrected chi connectivity index (χ0v) is 9.02. The molecule has 2 heteroatoms. The van der Waals surface area contributed by atoms with Gasteiger partial charge in [0.25, 0.3) is 0 Å². The lowest BCUT2D eigenvalue weighted by molar-refractivity contribution is 0.201. The molecule has 0 radical (unpaired) electrons. The minimum absolute atomic E-state index is 0.305. The van der Waals surface area contributed by atoms with Gasteiger partial charge in [0.15, 0.2) is 0 Å². The van der Waals surface area contributed by atoms with E-state index in [-0.39, 0.29) is 0 Å². The molecule has 0 aromatic heterocycles. The van der Waals surface area contributed by atoms with Gasteiger partial charge in [-0.05, 0) is 23.1 Å². The molecular formula is C10H13BrO. The normalized spacial score (nSPS) is 31.8. The SMILES string of the molecule is CC1(C)COC2=CC=C(Br)CC21. The highest BCUT2D eigenvalue weighted by Crippen LogP contribution is 2.46. The number of ether oxygens (including phenoxy) is 1. The van der Waals surface area contributed by atoms with Crippen LogP contribution in [0.1, 0.15) is 20.3 Å². The molecule has 1 aliphatic carbocycles. The lowest BCUT2D eigenvalue weighted by Crippen LogP contribution is -2.21. The van der Waals surface area contributed by atoms with E-state index in [1.807, 2.05) is 0 Å². The van der Waals surface area contributed by atoms with E-state index in [4.69, 9.17) is 4.74 Å². The molecule has 2 aliphatic rings. The number of rotatable bonds is 0. The Morgan fingerprint density at radius 1 is 1.50 bits per heavy atom. The Morgan fingerprint density at radius 2 is 2.25 bits per heavy atom. The first-order chi connectivity index (χ1) is 5.59. The molecule has 0 saturated carbocycles. The largest absolute Gasteiger partial charge is 0.497 e. The van der Waals surface area contributed by atoms with Gasteiger partial charge in [-0.25, -0.2) is 0 Å². The van der Waals surface area contributed by atoms with E-state index >= 15 is 0 Å². The van der Waals surface area contributed by atoms with Crippen LogP contribution in [0.2, 0.25) is 0 Å². The molecule has 1 saturated heterocycles. The average molecular weight is 229 g/mol. The standard InChI is InChI=1S/C10H13BrO/c1-10(2)6-12-9-4-3-7(11)5-8(9)10/h3-4,8H,5-6H2,1-2H3. The second-order valence-corrected chi connectivity index (χ2v) is 5.24. The molecule has 2 rings (SSSR count). The summed E-state index contributed by atoms with van der Waals surface area (Å²) in [5.41, 5.74) is 0.305. The molecule has 0 amide bonds. The van der Waals surface area contributed by atoms with Crippen molar-refractivity contribution >= 4 is 15.9 Å². The third-order valence-corrected chi connectivity index (χ3v) is 3.31. The molecule has 1 unspecified atom stereocenters. The fourth-order valence-electron chi connectivity index (χ4n) is 1.83. The fourth-order valence-corrected chi connectivity index (χ4v) is 2.29. The molecule has 0 bridgehead atoms. The number of halogens is 1. The Kier molecular flexibility index (Phi) is 1.83. The van der Waals surface area contributed by atoms with Crippen molar-refractivity contribution in [3.05, 3.63) is 22.4 Å². The molecule has 1 heterocycles. The van der Waals surface area contributed by atoms with E-state index < -0.39 is 0 Å². The Bertz CT molecular complexity index is 263. The molecule has 1 nitrogen and oxygen atoms in total. The first-order valence-corrected chi connectivity index (χ1v) is 5.08. The topological polar surface area (TPSA) is 9.23 Å². The van der Waals surface area contributed by atoms with Gasteiger partial charge in [0.05, 0.1) is 6.61 Å². The van der Waals surface area contributed by atoms with E-state index in [2.05, 4.69) is 41.9 Å². The lowest BCUT2D eigenvalue weighted by Gasteiger charge is -2.25. The van der Waals surface area contributed by atoms with Crippen LogP contribution in [-0.4, -0.2) is 6.61 Å². The van der Waals surface area contributed by atoms with Gasteiger partial charge < -0.3 is 4.74 Å². The summed E-state index contributed by atoms with van der Waals surface area (Å²) < 4.78 is 6.90. The summed E-state index contributed by atoms with van der Waals surface area (Å²) in [6, 6.07) is 0. The van der Waals surface area contributed by atoms with Crippen LogP contribution in [0.5, 0.6) is 0 Å². The highest BCUT2D eigenvalue weighted by molar-refractivity contribution is 9.11. The number of hydrogen-bond acceptors (Lipinski definition) is 1. The van der Waals surface area contributed by atoms with Crippen molar-refractivity contribution in [1.29, 1.82) is 0 Å². The summed E-state index contributed by atoms with van der Waals surface area (Å²) in [6.07, 6.45) is 5.28. The molecule has 12 heavy (non-hydrogen) atoms. The molecule has 1 aliphatic heterocycles. The van der Waals surface area contributed by atoms with Gasteiger partial charge in [-0.1, -0.05) is 29.8 Å². The van der Waals surface area contributed by atoms with Crippen LogP contribution in [0.15, 0.2) is 22.4 Å². The van der Waals surface area contributed by atoms with Crippen LogP contribution >= 0.6 is 15.9 Å². The van der Waals surface area contributed by atoms with Gasteiger partial charge in [0, 0.05) is 11.3 Å². The molecule has 0 N–H and O–H groups in total. The second kappa shape index (κ2) is 2.63. The monoisotopic (exact) mass is 228 g/mol. The van der Waals surface area contributed by atoms with E-state index in [1.165, 1.54) is 10.2 Å². The van der Waals surface area contributed by atoms with Gasteiger partial charge in [0.1, 0.15) is 5.76 Å². The van der Waals surface area contributed by atoms with Crippen LogP contribution in [-0.2, 0) is 4.74 Å². The average Bonchev–Trinajstić information content (AvgIpc) is 2.28. The Labute approximate surface area is 81.6 Å². The molecule has 1 fully saturated rings. The summed E-state index contributed by atoms with van der Waals surface area (Å²) in [5.74, 6) is 1.75. The smallest absolute Gasteiger partial charge is 0.100 e. The summed E-state index contributed by atoms with van der Waals surface area (Å²) in [7, 11) is 0. The summed E-state index contributed by atoms with van der Waals surface area (Å²) in [5, 5.41) is 0. The molecule has 0 spiro atoms. The molecule has 0 aromatic rings. The van der Waals surface area contributed by atoms with Gasteiger partial charge in [-0.3, -0.25) is 0 Å². The number of allylic oxidation sites excluding steroid dienone is 4. The Balaban J connectivity index is 2.29. The third-order valence-electron chi connectivity index (χ3n) is 2.73. The van der Waals surface area contributed by atoms with Crippen molar-refractivity contribution in [3.8, 4) is 0 Å². The van der Waals surface area contributed by atoms with Crippen molar-refractivity contribution in [2.75, 3.05) is 6.61 Å². The maximum absolute atomic E-state index is 5.62. The summed E-state index contributed by atoms with van der Waals surface area (Å²) >= 11 is 3.54. The fraction of sp³-hybridized carbons (Fsp3) is 0.600. The molecule has 0 aromatic carbocycles. The maximum atomic E-state index is 5.62.